The van der Waals surface area contributed by atoms with Crippen LogP contribution >= 0.6 is 0 Å². The van der Waals surface area contributed by atoms with Crippen LogP contribution in [-0.4, -0.2) is 28.4 Å². The molecule has 1 aliphatic heterocycles. The van der Waals surface area contributed by atoms with Gasteiger partial charge in [-0.3, -0.25) is 14.6 Å². The van der Waals surface area contributed by atoms with Crippen LogP contribution in [0.25, 0.3) is 10.9 Å². The highest BCUT2D eigenvalue weighted by Crippen LogP contribution is 2.25. The van der Waals surface area contributed by atoms with Gasteiger partial charge in [-0.05, 0) is 24.3 Å². The minimum Gasteiger partial charge on any atom is -0.470 e. The van der Waals surface area contributed by atoms with E-state index in [1.807, 2.05) is 24.3 Å². The molecule has 0 fully saturated rings. The standard InChI is InChI=1S/C18H12N2O3/c21-17-13-7-1-2-8-14(13)18(22)20(17)11-23-15-9-3-5-12-6-4-10-19-16(12)15/h1-10H,11H2. The first-order valence-electron chi connectivity index (χ1n) is 7.17. The van der Waals surface area contributed by atoms with E-state index in [1.54, 1.807) is 36.5 Å². The van der Waals surface area contributed by atoms with Crippen molar-refractivity contribution >= 4 is 22.7 Å². The van der Waals surface area contributed by atoms with Gasteiger partial charge in [0, 0.05) is 11.6 Å². The second kappa shape index (κ2) is 5.21. The summed E-state index contributed by atoms with van der Waals surface area (Å²) in [5.41, 5.74) is 1.53. The van der Waals surface area contributed by atoms with Crippen molar-refractivity contribution in [3.63, 3.8) is 0 Å². The van der Waals surface area contributed by atoms with Crippen LogP contribution in [-0.2, 0) is 0 Å². The number of benzene rings is 2. The Morgan fingerprint density at radius 2 is 1.57 bits per heavy atom. The molecule has 0 aliphatic carbocycles. The quantitative estimate of drug-likeness (QED) is 0.698. The first-order valence-corrected chi connectivity index (χ1v) is 7.17. The van der Waals surface area contributed by atoms with E-state index in [0.717, 1.165) is 10.3 Å². The molecular formula is C18H12N2O3. The van der Waals surface area contributed by atoms with Crippen molar-refractivity contribution in [1.82, 2.24) is 9.88 Å². The molecule has 4 rings (SSSR count). The van der Waals surface area contributed by atoms with E-state index < -0.39 is 0 Å². The number of hydrogen-bond donors (Lipinski definition) is 0. The number of pyridine rings is 1. The van der Waals surface area contributed by atoms with E-state index >= 15 is 0 Å². The van der Waals surface area contributed by atoms with Crippen molar-refractivity contribution in [3.05, 3.63) is 71.9 Å². The Labute approximate surface area is 132 Å². The molecule has 0 unspecified atom stereocenters. The van der Waals surface area contributed by atoms with Gasteiger partial charge in [0.25, 0.3) is 11.8 Å². The van der Waals surface area contributed by atoms with Crippen LogP contribution in [0.1, 0.15) is 20.7 Å². The molecular weight excluding hydrogens is 292 g/mol. The predicted molar refractivity (Wildman–Crippen MR) is 84.2 cm³/mol. The summed E-state index contributed by atoms with van der Waals surface area (Å²) in [6.45, 7) is -0.137. The Balaban J connectivity index is 1.60. The first-order chi connectivity index (χ1) is 11.3. The lowest BCUT2D eigenvalue weighted by Crippen LogP contribution is -2.33. The zero-order valence-corrected chi connectivity index (χ0v) is 12.1. The Hall–Kier alpha value is -3.21. The van der Waals surface area contributed by atoms with Gasteiger partial charge >= 0.3 is 0 Å². The van der Waals surface area contributed by atoms with Crippen LogP contribution in [0.15, 0.2) is 60.8 Å². The van der Waals surface area contributed by atoms with Crippen LogP contribution in [0.2, 0.25) is 0 Å². The van der Waals surface area contributed by atoms with E-state index in [-0.39, 0.29) is 18.5 Å². The average molecular weight is 304 g/mol. The third-order valence-corrected chi connectivity index (χ3v) is 3.82. The average Bonchev–Trinajstić information content (AvgIpc) is 2.84. The largest absolute Gasteiger partial charge is 0.470 e. The van der Waals surface area contributed by atoms with Crippen molar-refractivity contribution in [2.24, 2.45) is 0 Å². The zero-order chi connectivity index (χ0) is 15.8. The first kappa shape index (κ1) is 13.5. The molecule has 0 spiro atoms. The van der Waals surface area contributed by atoms with Gasteiger partial charge in [0.1, 0.15) is 11.3 Å². The summed E-state index contributed by atoms with van der Waals surface area (Å²) in [6.07, 6.45) is 1.68. The monoisotopic (exact) mass is 304 g/mol. The Bertz CT molecular complexity index is 896. The summed E-state index contributed by atoms with van der Waals surface area (Å²) >= 11 is 0. The molecule has 3 aromatic rings. The van der Waals surface area contributed by atoms with E-state index in [2.05, 4.69) is 4.98 Å². The Morgan fingerprint density at radius 3 is 2.30 bits per heavy atom. The number of hydrogen-bond acceptors (Lipinski definition) is 4. The number of aromatic nitrogens is 1. The lowest BCUT2D eigenvalue weighted by Gasteiger charge is -2.15. The maximum atomic E-state index is 12.3. The molecule has 2 heterocycles. The van der Waals surface area contributed by atoms with E-state index in [4.69, 9.17) is 4.74 Å². The number of amides is 2. The lowest BCUT2D eigenvalue weighted by molar-refractivity contribution is 0.0524. The van der Waals surface area contributed by atoms with Gasteiger partial charge in [0.05, 0.1) is 11.1 Å². The van der Waals surface area contributed by atoms with Crippen LogP contribution in [0.3, 0.4) is 0 Å². The van der Waals surface area contributed by atoms with Crippen LogP contribution in [0.5, 0.6) is 5.75 Å². The van der Waals surface area contributed by atoms with Crippen LogP contribution in [0.4, 0.5) is 0 Å². The molecule has 0 bridgehead atoms. The van der Waals surface area contributed by atoms with Crippen molar-refractivity contribution in [1.29, 1.82) is 0 Å². The molecule has 0 saturated carbocycles. The zero-order valence-electron chi connectivity index (χ0n) is 12.1. The maximum absolute atomic E-state index is 12.3. The second-order valence-electron chi connectivity index (χ2n) is 5.19. The molecule has 0 atom stereocenters. The summed E-state index contributed by atoms with van der Waals surface area (Å²) in [5.74, 6) is -0.128. The van der Waals surface area contributed by atoms with Gasteiger partial charge in [-0.15, -0.1) is 0 Å². The number of nitrogens with zero attached hydrogens (tertiary/aromatic N) is 2. The SMILES string of the molecule is O=C1c2ccccc2C(=O)N1COc1cccc2cccnc12. The van der Waals surface area contributed by atoms with Crippen molar-refractivity contribution in [2.45, 2.75) is 0 Å². The molecule has 1 aromatic heterocycles. The van der Waals surface area contributed by atoms with Gasteiger partial charge < -0.3 is 4.74 Å². The smallest absolute Gasteiger partial charge is 0.264 e. The normalized spacial score (nSPS) is 13.5. The number of carbonyl (C=O) groups excluding carboxylic acids is 2. The third kappa shape index (κ3) is 2.14. The molecule has 0 N–H and O–H groups in total. The summed E-state index contributed by atoms with van der Waals surface area (Å²) in [5, 5.41) is 0.937. The highest BCUT2D eigenvalue weighted by molar-refractivity contribution is 6.21. The minimum atomic E-state index is -0.334. The van der Waals surface area contributed by atoms with Crippen molar-refractivity contribution in [2.75, 3.05) is 6.73 Å². The lowest BCUT2D eigenvalue weighted by atomic mass is 10.1. The van der Waals surface area contributed by atoms with E-state index in [1.165, 1.54) is 0 Å². The van der Waals surface area contributed by atoms with Gasteiger partial charge in [0.15, 0.2) is 6.73 Å². The number of para-hydroxylation sites is 1. The fourth-order valence-corrected chi connectivity index (χ4v) is 2.68. The van der Waals surface area contributed by atoms with Gasteiger partial charge in [-0.25, -0.2) is 4.90 Å². The maximum Gasteiger partial charge on any atom is 0.264 e. The molecule has 112 valence electrons. The minimum absolute atomic E-state index is 0.137. The van der Waals surface area contributed by atoms with Crippen molar-refractivity contribution < 1.29 is 14.3 Å². The van der Waals surface area contributed by atoms with Gasteiger partial charge in [-0.2, -0.15) is 0 Å². The van der Waals surface area contributed by atoms with Crippen LogP contribution < -0.4 is 4.74 Å². The molecule has 2 amide bonds. The van der Waals surface area contributed by atoms with Crippen LogP contribution in [0, 0.1) is 0 Å². The number of ether oxygens (including phenoxy) is 1. The second-order valence-corrected chi connectivity index (χ2v) is 5.19. The Morgan fingerprint density at radius 1 is 0.870 bits per heavy atom. The summed E-state index contributed by atoms with van der Waals surface area (Å²) in [7, 11) is 0. The molecule has 2 aromatic carbocycles. The predicted octanol–water partition coefficient (Wildman–Crippen LogP) is 2.87. The summed E-state index contributed by atoms with van der Waals surface area (Å²) < 4.78 is 5.70. The highest BCUT2D eigenvalue weighted by atomic mass is 16.5. The molecule has 23 heavy (non-hydrogen) atoms. The Kier molecular flexibility index (Phi) is 3.05. The topological polar surface area (TPSA) is 59.5 Å². The van der Waals surface area contributed by atoms with Gasteiger partial charge in [-0.1, -0.05) is 30.3 Å². The van der Waals surface area contributed by atoms with Gasteiger partial charge in [0.2, 0.25) is 0 Å². The van der Waals surface area contributed by atoms with E-state index in [0.29, 0.717) is 22.4 Å². The highest BCUT2D eigenvalue weighted by Gasteiger charge is 2.35. The molecule has 0 radical (unpaired) electrons. The fraction of sp³-hybridized carbons (Fsp3) is 0.0556. The number of imide groups is 1. The molecule has 0 saturated heterocycles. The van der Waals surface area contributed by atoms with E-state index in [9.17, 15) is 9.59 Å². The number of carbonyl (C=O) groups is 2. The summed E-state index contributed by atoms with van der Waals surface area (Å²) in [6, 6.07) is 16.1. The van der Waals surface area contributed by atoms with Crippen molar-refractivity contribution in [3.8, 4) is 5.75 Å². The number of rotatable bonds is 3. The molecule has 1 aliphatic rings. The molecule has 5 heteroatoms. The fourth-order valence-electron chi connectivity index (χ4n) is 2.68. The molecule has 5 nitrogen and oxygen atoms in total. The third-order valence-electron chi connectivity index (χ3n) is 3.82. The summed E-state index contributed by atoms with van der Waals surface area (Å²) in [4.78, 5) is 30.0. The number of fused-ring (bicyclic) bond motifs is 2.